The van der Waals surface area contributed by atoms with Crippen molar-refractivity contribution in [1.29, 1.82) is 0 Å². The molecule has 11 nitrogen and oxygen atoms in total. The van der Waals surface area contributed by atoms with Gasteiger partial charge in [-0.1, -0.05) is 29.3 Å². The summed E-state index contributed by atoms with van der Waals surface area (Å²) in [6.07, 6.45) is 4.80. The van der Waals surface area contributed by atoms with Crippen molar-refractivity contribution in [3.05, 3.63) is 72.9 Å². The van der Waals surface area contributed by atoms with Crippen LogP contribution in [0.15, 0.2) is 52.3 Å². The zero-order valence-electron chi connectivity index (χ0n) is 28.4. The highest BCUT2D eigenvalue weighted by Crippen LogP contribution is 2.46. The highest BCUT2D eigenvalue weighted by Gasteiger charge is 2.42. The number of aromatic nitrogens is 1. The first-order valence-electron chi connectivity index (χ1n) is 16.5. The van der Waals surface area contributed by atoms with Crippen LogP contribution in [-0.4, -0.2) is 102 Å². The molecular weight excluding hydrogens is 689 g/mol. The van der Waals surface area contributed by atoms with Crippen LogP contribution in [0.5, 0.6) is 0 Å². The quantitative estimate of drug-likeness (QED) is 0.303. The van der Waals surface area contributed by atoms with Crippen LogP contribution in [0.2, 0.25) is 10.0 Å². The molecular formula is C35H43Cl2N5O6S. The summed E-state index contributed by atoms with van der Waals surface area (Å²) in [6.45, 7) is 8.28. The fourth-order valence-corrected chi connectivity index (χ4v) is 8.11. The number of rotatable bonds is 12. The van der Waals surface area contributed by atoms with Crippen molar-refractivity contribution >= 4 is 58.3 Å². The Morgan fingerprint density at radius 2 is 1.63 bits per heavy atom. The van der Waals surface area contributed by atoms with E-state index in [0.29, 0.717) is 62.4 Å². The van der Waals surface area contributed by atoms with Crippen molar-refractivity contribution < 1.29 is 28.7 Å². The van der Waals surface area contributed by atoms with Crippen LogP contribution in [0.1, 0.15) is 62.4 Å². The van der Waals surface area contributed by atoms with Gasteiger partial charge in [-0.2, -0.15) is 0 Å². The van der Waals surface area contributed by atoms with Crippen LogP contribution in [0.25, 0.3) is 0 Å². The fourth-order valence-electron chi connectivity index (χ4n) is 6.87. The number of methoxy groups -OCH3 is 2. The number of hydrogen-bond acceptors (Lipinski definition) is 10. The topological polar surface area (TPSA) is 121 Å². The lowest BCUT2D eigenvalue weighted by Crippen LogP contribution is -2.51. The second-order valence-electron chi connectivity index (χ2n) is 13.0. The Morgan fingerprint density at radius 3 is 2.20 bits per heavy atom. The third-order valence-electron chi connectivity index (χ3n) is 9.60. The summed E-state index contributed by atoms with van der Waals surface area (Å²) in [5.41, 5.74) is 1.16. The van der Waals surface area contributed by atoms with Gasteiger partial charge >= 0.3 is 11.9 Å². The van der Waals surface area contributed by atoms with Crippen LogP contribution in [-0.2, 0) is 35.1 Å². The van der Waals surface area contributed by atoms with E-state index in [1.165, 1.54) is 25.6 Å². The highest BCUT2D eigenvalue weighted by molar-refractivity contribution is 7.09. The van der Waals surface area contributed by atoms with E-state index in [9.17, 15) is 19.2 Å². The Morgan fingerprint density at radius 1 is 0.980 bits per heavy atom. The van der Waals surface area contributed by atoms with E-state index in [1.54, 1.807) is 29.3 Å². The summed E-state index contributed by atoms with van der Waals surface area (Å²) in [6, 6.07) is 4.95. The lowest BCUT2D eigenvalue weighted by molar-refractivity contribution is -0.137. The number of hydrogen-bond donors (Lipinski definition) is 1. The van der Waals surface area contributed by atoms with Gasteiger partial charge < -0.3 is 24.6 Å². The number of nitrogens with one attached hydrogen (secondary N) is 1. The van der Waals surface area contributed by atoms with Crippen molar-refractivity contribution in [3.8, 4) is 0 Å². The minimum Gasteiger partial charge on any atom is -0.466 e. The zero-order valence-corrected chi connectivity index (χ0v) is 30.7. The molecule has 1 atom stereocenters. The molecule has 3 aliphatic heterocycles. The number of nitrogens with zero attached hydrogens (tertiary/aromatic N) is 4. The van der Waals surface area contributed by atoms with Crippen LogP contribution in [0.3, 0.4) is 0 Å². The predicted molar refractivity (Wildman–Crippen MR) is 188 cm³/mol. The average molecular weight is 733 g/mol. The predicted octanol–water partition coefficient (Wildman–Crippen LogP) is 4.95. The third kappa shape index (κ3) is 8.30. The molecule has 1 aromatic carbocycles. The van der Waals surface area contributed by atoms with Crippen molar-refractivity contribution in [2.75, 3.05) is 53.5 Å². The summed E-state index contributed by atoms with van der Waals surface area (Å²) in [5, 5.41) is 6.53. The van der Waals surface area contributed by atoms with Gasteiger partial charge in [0.05, 0.1) is 42.7 Å². The first kappa shape index (κ1) is 36.8. The smallest absolute Gasteiger partial charge is 0.336 e. The Hall–Kier alpha value is -3.45. The second-order valence-corrected chi connectivity index (χ2v) is 14.8. The maximum atomic E-state index is 13.9. The van der Waals surface area contributed by atoms with Crippen molar-refractivity contribution in [2.45, 2.75) is 63.8 Å². The summed E-state index contributed by atoms with van der Waals surface area (Å²) in [7, 11) is 2.52. The number of allylic oxidation sites excluding steroid dienone is 1. The number of benzene rings is 1. The molecule has 3 aliphatic rings. The molecule has 2 aromatic rings. The largest absolute Gasteiger partial charge is 0.466 e. The molecule has 0 spiro atoms. The van der Waals surface area contributed by atoms with Gasteiger partial charge in [-0.15, -0.1) is 11.3 Å². The number of amides is 2. The van der Waals surface area contributed by atoms with E-state index in [-0.39, 0.29) is 45.0 Å². The Labute approximate surface area is 301 Å². The number of ether oxygens (including phenoxy) is 2. The first-order chi connectivity index (χ1) is 23.4. The molecule has 5 rings (SSSR count). The van der Waals surface area contributed by atoms with E-state index in [0.717, 1.165) is 30.9 Å². The number of aryl methyl sites for hydroxylation is 1. The summed E-state index contributed by atoms with van der Waals surface area (Å²) in [4.78, 5) is 63.9. The van der Waals surface area contributed by atoms with Gasteiger partial charge in [-0.25, -0.2) is 14.6 Å². The molecule has 2 fully saturated rings. The molecule has 0 radical (unpaired) electrons. The Bertz CT molecular complexity index is 1610. The fraction of sp³-hybridized carbons (Fsp3) is 0.514. The first-order valence-corrected chi connectivity index (χ1v) is 18.1. The summed E-state index contributed by atoms with van der Waals surface area (Å²) >= 11 is 14.9. The van der Waals surface area contributed by atoms with Gasteiger partial charge in [0, 0.05) is 96.2 Å². The lowest BCUT2D eigenvalue weighted by atomic mass is 9.78. The molecule has 1 unspecified atom stereocenters. The molecule has 2 amide bonds. The van der Waals surface area contributed by atoms with Crippen molar-refractivity contribution in [2.24, 2.45) is 0 Å². The third-order valence-corrected chi connectivity index (χ3v) is 11.1. The van der Waals surface area contributed by atoms with E-state index in [1.807, 2.05) is 10.3 Å². The normalized spacial score (nSPS) is 19.0. The van der Waals surface area contributed by atoms with E-state index in [4.69, 9.17) is 32.7 Å². The van der Waals surface area contributed by atoms with Gasteiger partial charge in [0.15, 0.2) is 0 Å². The van der Waals surface area contributed by atoms with E-state index in [2.05, 4.69) is 29.0 Å². The molecule has 49 heavy (non-hydrogen) atoms. The molecule has 4 heterocycles. The van der Waals surface area contributed by atoms with Gasteiger partial charge in [-0.3, -0.25) is 14.5 Å². The number of piperazine rings is 1. The minimum absolute atomic E-state index is 0.0709. The number of dihydropyridines is 1. The average Bonchev–Trinajstić information content (AvgIpc) is 3.78. The molecule has 14 heteroatoms. The Kier molecular flexibility index (Phi) is 12.1. The number of thiazole rings is 1. The maximum absolute atomic E-state index is 13.9. The van der Waals surface area contributed by atoms with Gasteiger partial charge in [0.25, 0.3) is 0 Å². The van der Waals surface area contributed by atoms with Crippen LogP contribution in [0, 0.1) is 0 Å². The molecule has 0 saturated carbocycles. The standard InChI is InChI=1S/C35H43Cl2N5O6S/c1-35(2,42-14-6-9-27(42)43)12-15-40-16-18-41(19-17-40)28(44)21-25-31(34(46)48-4)32(29-22(36)7-5-8-23(29)37)30(33(45)47-3)24(39-25)10-11-26-38-13-20-49-26/h5,7-8,13,20,32,39H,6,9-12,14-19,21H2,1-4H3. The number of likely N-dealkylation sites (tertiary alicyclic amines) is 1. The van der Waals surface area contributed by atoms with Gasteiger partial charge in [0.1, 0.15) is 0 Å². The lowest BCUT2D eigenvalue weighted by Gasteiger charge is -2.40. The summed E-state index contributed by atoms with van der Waals surface area (Å²) < 4.78 is 10.5. The van der Waals surface area contributed by atoms with E-state index >= 15 is 0 Å². The zero-order chi connectivity index (χ0) is 35.3. The van der Waals surface area contributed by atoms with Gasteiger partial charge in [-0.05, 0) is 45.2 Å². The molecule has 1 N–H and O–H groups in total. The monoisotopic (exact) mass is 731 g/mol. The van der Waals surface area contributed by atoms with Gasteiger partial charge in [0.2, 0.25) is 11.8 Å². The molecule has 2 saturated heterocycles. The number of carbonyl (C=O) groups excluding carboxylic acids is 4. The van der Waals surface area contributed by atoms with Crippen molar-refractivity contribution in [3.63, 3.8) is 0 Å². The van der Waals surface area contributed by atoms with Crippen molar-refractivity contribution in [1.82, 2.24) is 25.0 Å². The second kappa shape index (κ2) is 16.1. The minimum atomic E-state index is -1.06. The summed E-state index contributed by atoms with van der Waals surface area (Å²) in [5.74, 6) is -2.39. The van der Waals surface area contributed by atoms with Crippen LogP contribution < -0.4 is 5.32 Å². The molecule has 1 aromatic heterocycles. The SMILES string of the molecule is COC(=O)C1=C(CCc2nccs2)NC(CC(=O)N2CCN(CCC(C)(C)N3CCCC3=O)CC2)=C(C(=O)OC)C1c1c(Cl)cccc1Cl. The molecule has 264 valence electrons. The Balaban J connectivity index is 1.40. The number of halogens is 2. The maximum Gasteiger partial charge on any atom is 0.336 e. The van der Waals surface area contributed by atoms with Crippen LogP contribution >= 0.6 is 34.5 Å². The molecule has 0 bridgehead atoms. The number of carbonyl (C=O) groups is 4. The van der Waals surface area contributed by atoms with E-state index < -0.39 is 17.9 Å². The molecule has 0 aliphatic carbocycles. The number of esters is 2. The van der Waals surface area contributed by atoms with Crippen LogP contribution in [0.4, 0.5) is 0 Å². The highest BCUT2D eigenvalue weighted by atomic mass is 35.5.